The lowest BCUT2D eigenvalue weighted by molar-refractivity contribution is 0.0105. The molecule has 1 fully saturated rings. The summed E-state index contributed by atoms with van der Waals surface area (Å²) < 4.78 is 11.1. The number of hydrogen-bond acceptors (Lipinski definition) is 4. The van der Waals surface area contributed by atoms with Gasteiger partial charge in [-0.1, -0.05) is 29.4 Å². The van der Waals surface area contributed by atoms with Crippen molar-refractivity contribution in [1.82, 2.24) is 0 Å². The summed E-state index contributed by atoms with van der Waals surface area (Å²) in [7, 11) is 0. The van der Waals surface area contributed by atoms with Crippen molar-refractivity contribution < 1.29 is 14.7 Å². The third-order valence-corrected chi connectivity index (χ3v) is 2.99. The molecule has 0 amide bonds. The van der Waals surface area contributed by atoms with Gasteiger partial charge in [-0.05, 0) is 18.4 Å². The number of rotatable bonds is 5. The van der Waals surface area contributed by atoms with Crippen molar-refractivity contribution in [1.29, 1.82) is 0 Å². The molecule has 98 valence electrons. The third kappa shape index (κ3) is 3.21. The molecule has 18 heavy (non-hydrogen) atoms. The SMILES string of the molecule is N/C(=N\O)c1ccccc1COCC1CCCO1. The van der Waals surface area contributed by atoms with E-state index in [9.17, 15) is 0 Å². The highest BCUT2D eigenvalue weighted by Gasteiger charge is 2.15. The second-order valence-corrected chi connectivity index (χ2v) is 4.29. The van der Waals surface area contributed by atoms with Crippen LogP contribution in [0.15, 0.2) is 29.4 Å². The van der Waals surface area contributed by atoms with Crippen LogP contribution in [0.3, 0.4) is 0 Å². The number of ether oxygens (including phenoxy) is 2. The fourth-order valence-corrected chi connectivity index (χ4v) is 2.03. The van der Waals surface area contributed by atoms with E-state index in [4.69, 9.17) is 20.4 Å². The molecule has 0 aliphatic carbocycles. The highest BCUT2D eigenvalue weighted by atomic mass is 16.5. The van der Waals surface area contributed by atoms with Crippen LogP contribution in [0.25, 0.3) is 0 Å². The van der Waals surface area contributed by atoms with Gasteiger partial charge >= 0.3 is 0 Å². The van der Waals surface area contributed by atoms with Gasteiger partial charge < -0.3 is 20.4 Å². The smallest absolute Gasteiger partial charge is 0.170 e. The van der Waals surface area contributed by atoms with Crippen LogP contribution in [0.4, 0.5) is 0 Å². The maximum Gasteiger partial charge on any atom is 0.170 e. The summed E-state index contributed by atoms with van der Waals surface area (Å²) in [5.41, 5.74) is 7.22. The number of hydrogen-bond donors (Lipinski definition) is 2. The Hall–Kier alpha value is -1.59. The summed E-state index contributed by atoms with van der Waals surface area (Å²) in [5, 5.41) is 11.7. The first-order chi connectivity index (χ1) is 8.81. The van der Waals surface area contributed by atoms with E-state index in [2.05, 4.69) is 5.16 Å². The lowest BCUT2D eigenvalue weighted by Crippen LogP contribution is -2.18. The van der Waals surface area contributed by atoms with E-state index in [0.29, 0.717) is 18.8 Å². The molecule has 5 nitrogen and oxygen atoms in total. The van der Waals surface area contributed by atoms with Gasteiger partial charge in [-0.3, -0.25) is 0 Å². The van der Waals surface area contributed by atoms with E-state index >= 15 is 0 Å². The standard InChI is InChI=1S/C13H18N2O3/c14-13(15-16)12-6-2-1-4-10(12)8-17-9-11-5-3-7-18-11/h1-2,4,6,11,16H,3,5,7-9H2,(H2,14,15). The maximum absolute atomic E-state index is 8.71. The molecule has 1 aromatic carbocycles. The van der Waals surface area contributed by atoms with E-state index in [0.717, 1.165) is 25.0 Å². The van der Waals surface area contributed by atoms with Gasteiger partial charge in [-0.25, -0.2) is 0 Å². The Balaban J connectivity index is 1.92. The van der Waals surface area contributed by atoms with Crippen molar-refractivity contribution >= 4 is 5.84 Å². The minimum atomic E-state index is 0.103. The van der Waals surface area contributed by atoms with Crippen LogP contribution in [0, 0.1) is 0 Å². The lowest BCUT2D eigenvalue weighted by Gasteiger charge is -2.12. The molecule has 0 saturated carbocycles. The third-order valence-electron chi connectivity index (χ3n) is 2.99. The molecule has 2 rings (SSSR count). The van der Waals surface area contributed by atoms with Crippen LogP contribution >= 0.6 is 0 Å². The Morgan fingerprint density at radius 1 is 1.50 bits per heavy atom. The molecule has 1 aliphatic heterocycles. The van der Waals surface area contributed by atoms with Crippen molar-refractivity contribution in [2.45, 2.75) is 25.6 Å². The van der Waals surface area contributed by atoms with Crippen molar-refractivity contribution in [3.63, 3.8) is 0 Å². The molecular formula is C13H18N2O3. The number of nitrogens with two attached hydrogens (primary N) is 1. The molecule has 1 atom stereocenters. The van der Waals surface area contributed by atoms with Gasteiger partial charge in [0.25, 0.3) is 0 Å². The highest BCUT2D eigenvalue weighted by Crippen LogP contribution is 2.14. The largest absolute Gasteiger partial charge is 0.409 e. The maximum atomic E-state index is 8.71. The van der Waals surface area contributed by atoms with Crippen LogP contribution in [0.1, 0.15) is 24.0 Å². The van der Waals surface area contributed by atoms with Crippen LogP contribution in [-0.4, -0.2) is 30.4 Å². The number of benzene rings is 1. The van der Waals surface area contributed by atoms with Crippen LogP contribution in [-0.2, 0) is 16.1 Å². The Kier molecular flexibility index (Phi) is 4.55. The van der Waals surface area contributed by atoms with Crippen molar-refractivity contribution in [2.75, 3.05) is 13.2 Å². The van der Waals surface area contributed by atoms with Crippen molar-refractivity contribution in [3.05, 3.63) is 35.4 Å². The first-order valence-corrected chi connectivity index (χ1v) is 6.06. The van der Waals surface area contributed by atoms with Crippen LogP contribution in [0.2, 0.25) is 0 Å². The van der Waals surface area contributed by atoms with Gasteiger partial charge in [0.15, 0.2) is 5.84 Å². The fourth-order valence-electron chi connectivity index (χ4n) is 2.03. The molecule has 1 saturated heterocycles. The first kappa shape index (κ1) is 12.9. The van der Waals surface area contributed by atoms with Gasteiger partial charge in [0.2, 0.25) is 0 Å². The molecule has 0 bridgehead atoms. The first-order valence-electron chi connectivity index (χ1n) is 6.06. The lowest BCUT2D eigenvalue weighted by atomic mass is 10.1. The molecule has 1 heterocycles. The molecule has 1 unspecified atom stereocenters. The Bertz CT molecular complexity index is 414. The zero-order valence-electron chi connectivity index (χ0n) is 10.2. The summed E-state index contributed by atoms with van der Waals surface area (Å²) in [4.78, 5) is 0. The monoisotopic (exact) mass is 250 g/mol. The Morgan fingerprint density at radius 2 is 2.33 bits per heavy atom. The minimum Gasteiger partial charge on any atom is -0.409 e. The van der Waals surface area contributed by atoms with Gasteiger partial charge in [-0.2, -0.15) is 0 Å². The van der Waals surface area contributed by atoms with E-state index < -0.39 is 0 Å². The summed E-state index contributed by atoms with van der Waals surface area (Å²) in [6.07, 6.45) is 2.37. The number of nitrogens with zero attached hydrogens (tertiary/aromatic N) is 1. The van der Waals surface area contributed by atoms with Crippen molar-refractivity contribution in [3.8, 4) is 0 Å². The minimum absolute atomic E-state index is 0.103. The Labute approximate surface area is 106 Å². The van der Waals surface area contributed by atoms with Crippen LogP contribution in [0.5, 0.6) is 0 Å². The normalized spacial score (nSPS) is 20.2. The molecule has 1 aromatic rings. The second-order valence-electron chi connectivity index (χ2n) is 4.29. The van der Waals surface area contributed by atoms with E-state index in [1.54, 1.807) is 6.07 Å². The molecule has 1 aliphatic rings. The predicted octanol–water partition coefficient (Wildman–Crippen LogP) is 1.48. The second kappa shape index (κ2) is 6.37. The zero-order chi connectivity index (χ0) is 12.8. The van der Waals surface area contributed by atoms with Gasteiger partial charge in [0, 0.05) is 12.2 Å². The van der Waals surface area contributed by atoms with Crippen LogP contribution < -0.4 is 5.73 Å². The molecule has 3 N–H and O–H groups in total. The average molecular weight is 250 g/mol. The fraction of sp³-hybridized carbons (Fsp3) is 0.462. The summed E-state index contributed by atoms with van der Waals surface area (Å²) in [6.45, 7) is 1.85. The molecule has 0 aromatic heterocycles. The predicted molar refractivity (Wildman–Crippen MR) is 67.6 cm³/mol. The zero-order valence-corrected chi connectivity index (χ0v) is 10.2. The van der Waals surface area contributed by atoms with Gasteiger partial charge in [0.1, 0.15) is 0 Å². The summed E-state index contributed by atoms with van der Waals surface area (Å²) in [5.74, 6) is 0.103. The molecule has 0 spiro atoms. The van der Waals surface area contributed by atoms with Gasteiger partial charge in [0.05, 0.1) is 19.3 Å². The molecule has 0 radical (unpaired) electrons. The van der Waals surface area contributed by atoms with E-state index in [-0.39, 0.29) is 11.9 Å². The molecule has 5 heteroatoms. The number of oxime groups is 1. The topological polar surface area (TPSA) is 77.1 Å². The van der Waals surface area contributed by atoms with Gasteiger partial charge in [-0.15, -0.1) is 0 Å². The molecular weight excluding hydrogens is 232 g/mol. The quantitative estimate of drug-likeness (QED) is 0.359. The Morgan fingerprint density at radius 3 is 3.06 bits per heavy atom. The number of amidine groups is 1. The highest BCUT2D eigenvalue weighted by molar-refractivity contribution is 5.98. The average Bonchev–Trinajstić information content (AvgIpc) is 2.92. The summed E-state index contributed by atoms with van der Waals surface area (Å²) in [6, 6.07) is 7.46. The van der Waals surface area contributed by atoms with Crippen molar-refractivity contribution in [2.24, 2.45) is 10.9 Å². The summed E-state index contributed by atoms with van der Waals surface area (Å²) >= 11 is 0. The van der Waals surface area contributed by atoms with E-state index in [1.165, 1.54) is 0 Å². The van der Waals surface area contributed by atoms with E-state index in [1.807, 2.05) is 18.2 Å².